The van der Waals surface area contributed by atoms with E-state index >= 15 is 0 Å². The van der Waals surface area contributed by atoms with E-state index in [0.29, 0.717) is 17.2 Å². The van der Waals surface area contributed by atoms with Crippen molar-refractivity contribution in [3.63, 3.8) is 0 Å². The van der Waals surface area contributed by atoms with Crippen LogP contribution >= 0.6 is 23.4 Å². The molecule has 0 saturated carbocycles. The van der Waals surface area contributed by atoms with E-state index in [1.54, 1.807) is 23.8 Å². The molecule has 0 unspecified atom stereocenters. The number of nitrogens with one attached hydrogen (secondary N) is 1. The molecule has 2 amide bonds. The monoisotopic (exact) mass is 452 g/mol. The van der Waals surface area contributed by atoms with E-state index in [9.17, 15) is 9.59 Å². The van der Waals surface area contributed by atoms with Gasteiger partial charge in [-0.25, -0.2) is 0 Å². The Balaban J connectivity index is 1.55. The molecule has 5 nitrogen and oxygen atoms in total. The van der Waals surface area contributed by atoms with Gasteiger partial charge in [-0.15, -0.1) is 23.4 Å². The number of anilines is 2. The van der Waals surface area contributed by atoms with E-state index in [-0.39, 0.29) is 17.2 Å². The van der Waals surface area contributed by atoms with Gasteiger partial charge in [0.1, 0.15) is 16.5 Å². The molecule has 0 radical (unpaired) electrons. The lowest BCUT2D eigenvalue weighted by molar-refractivity contribution is -0.116. The number of hydrogen-bond donors (Lipinski definition) is 1. The zero-order valence-electron chi connectivity index (χ0n) is 16.8. The maximum Gasteiger partial charge on any atom is 0.246 e. The Morgan fingerprint density at radius 3 is 2.65 bits per heavy atom. The van der Waals surface area contributed by atoms with Crippen LogP contribution < -0.4 is 15.0 Å². The van der Waals surface area contributed by atoms with Gasteiger partial charge in [0.2, 0.25) is 11.8 Å². The fraction of sp³-hybridized carbons (Fsp3) is 0.167. The predicted molar refractivity (Wildman–Crippen MR) is 126 cm³/mol. The lowest BCUT2D eigenvalue weighted by Gasteiger charge is -2.25. The lowest BCUT2D eigenvalue weighted by Crippen LogP contribution is -2.27. The molecular formula is C24H21ClN2O3S. The average molecular weight is 453 g/mol. The van der Waals surface area contributed by atoms with Gasteiger partial charge >= 0.3 is 0 Å². The van der Waals surface area contributed by atoms with Gasteiger partial charge in [0.25, 0.3) is 0 Å². The van der Waals surface area contributed by atoms with E-state index in [2.05, 4.69) is 5.32 Å². The van der Waals surface area contributed by atoms with Crippen LogP contribution in [0.15, 0.2) is 78.9 Å². The Hall–Kier alpha value is -2.96. The molecule has 31 heavy (non-hydrogen) atoms. The van der Waals surface area contributed by atoms with Crippen LogP contribution in [0, 0.1) is 0 Å². The third kappa shape index (κ3) is 4.70. The number of halogens is 1. The third-order valence-electron chi connectivity index (χ3n) is 4.96. The molecule has 3 aromatic rings. The first kappa shape index (κ1) is 21.3. The van der Waals surface area contributed by atoms with Crippen LogP contribution in [0.25, 0.3) is 0 Å². The molecule has 7 heteroatoms. The fourth-order valence-electron chi connectivity index (χ4n) is 3.46. The zero-order valence-corrected chi connectivity index (χ0v) is 18.4. The molecule has 1 aliphatic heterocycles. The van der Waals surface area contributed by atoms with E-state index < -0.39 is 5.38 Å². The molecule has 2 atom stereocenters. The minimum Gasteiger partial charge on any atom is -0.497 e. The molecule has 0 aliphatic carbocycles. The SMILES string of the molecule is COc1cccc(N2C(=O)CS[C@@H]2c2cccc(NC(=O)[C@@H](Cl)c3ccccc3)c2)c1. The van der Waals surface area contributed by atoms with Gasteiger partial charge in [-0.1, -0.05) is 48.5 Å². The number of amides is 2. The predicted octanol–water partition coefficient (Wildman–Crippen LogP) is 5.39. The van der Waals surface area contributed by atoms with Gasteiger partial charge in [-0.3, -0.25) is 14.5 Å². The summed E-state index contributed by atoms with van der Waals surface area (Å²) in [5, 5.41) is 1.90. The molecule has 0 aromatic heterocycles. The van der Waals surface area contributed by atoms with E-state index in [0.717, 1.165) is 16.8 Å². The highest BCUT2D eigenvalue weighted by atomic mass is 35.5. The molecule has 1 heterocycles. The van der Waals surface area contributed by atoms with E-state index in [1.165, 1.54) is 0 Å². The maximum absolute atomic E-state index is 12.6. The maximum atomic E-state index is 12.6. The van der Waals surface area contributed by atoms with Crippen molar-refractivity contribution in [1.82, 2.24) is 0 Å². The first-order valence-electron chi connectivity index (χ1n) is 9.74. The molecule has 1 fully saturated rings. The summed E-state index contributed by atoms with van der Waals surface area (Å²) >= 11 is 7.89. The Morgan fingerprint density at radius 2 is 1.87 bits per heavy atom. The summed E-state index contributed by atoms with van der Waals surface area (Å²) in [6.45, 7) is 0. The summed E-state index contributed by atoms with van der Waals surface area (Å²) < 4.78 is 5.31. The number of ether oxygens (including phenoxy) is 1. The number of methoxy groups -OCH3 is 1. The summed E-state index contributed by atoms with van der Waals surface area (Å²) in [6, 6.07) is 24.2. The molecule has 0 spiro atoms. The van der Waals surface area contributed by atoms with Crippen molar-refractivity contribution in [2.45, 2.75) is 10.8 Å². The highest BCUT2D eigenvalue weighted by Gasteiger charge is 2.34. The summed E-state index contributed by atoms with van der Waals surface area (Å²) in [5.41, 5.74) is 3.06. The van der Waals surface area contributed by atoms with Gasteiger partial charge in [-0.05, 0) is 35.4 Å². The smallest absolute Gasteiger partial charge is 0.246 e. The third-order valence-corrected chi connectivity index (χ3v) is 6.62. The Kier molecular flexibility index (Phi) is 6.49. The van der Waals surface area contributed by atoms with Crippen molar-refractivity contribution in [1.29, 1.82) is 0 Å². The van der Waals surface area contributed by atoms with Crippen molar-refractivity contribution >= 4 is 46.6 Å². The normalized spacial score (nSPS) is 16.8. The number of hydrogen-bond acceptors (Lipinski definition) is 4. The zero-order chi connectivity index (χ0) is 21.8. The van der Waals surface area contributed by atoms with Gasteiger partial charge in [0.05, 0.1) is 12.9 Å². The molecule has 1 aliphatic rings. The summed E-state index contributed by atoms with van der Waals surface area (Å²) in [7, 11) is 1.60. The Bertz CT molecular complexity index is 1090. The van der Waals surface area contributed by atoms with Gasteiger partial charge in [-0.2, -0.15) is 0 Å². The van der Waals surface area contributed by atoms with Crippen molar-refractivity contribution in [2.75, 3.05) is 23.1 Å². The summed E-state index contributed by atoms with van der Waals surface area (Å²) in [4.78, 5) is 27.0. The van der Waals surface area contributed by atoms with E-state index in [1.807, 2.05) is 78.9 Å². The van der Waals surface area contributed by atoms with Gasteiger partial charge in [0, 0.05) is 17.4 Å². The molecule has 0 bridgehead atoms. The second kappa shape index (κ2) is 9.45. The Labute approximate surface area is 190 Å². The molecule has 158 valence electrons. The van der Waals surface area contributed by atoms with Crippen LogP contribution in [-0.2, 0) is 9.59 Å². The number of rotatable bonds is 6. The highest BCUT2D eigenvalue weighted by molar-refractivity contribution is 8.00. The highest BCUT2D eigenvalue weighted by Crippen LogP contribution is 2.43. The fourth-order valence-corrected chi connectivity index (χ4v) is 4.83. The van der Waals surface area contributed by atoms with Crippen LogP contribution in [0.4, 0.5) is 11.4 Å². The van der Waals surface area contributed by atoms with E-state index in [4.69, 9.17) is 16.3 Å². The second-order valence-corrected chi connectivity index (χ2v) is 8.52. The number of nitrogens with zero attached hydrogens (tertiary/aromatic N) is 1. The van der Waals surface area contributed by atoms with Gasteiger partial charge < -0.3 is 10.1 Å². The van der Waals surface area contributed by atoms with Crippen molar-refractivity contribution in [3.05, 3.63) is 90.0 Å². The van der Waals surface area contributed by atoms with Crippen molar-refractivity contribution in [3.8, 4) is 5.75 Å². The number of carbonyl (C=O) groups excluding carboxylic acids is 2. The average Bonchev–Trinajstić information content (AvgIpc) is 3.20. The van der Waals surface area contributed by atoms with Crippen LogP contribution in [0.2, 0.25) is 0 Å². The van der Waals surface area contributed by atoms with Crippen LogP contribution in [0.3, 0.4) is 0 Å². The summed E-state index contributed by atoms with van der Waals surface area (Å²) in [5.74, 6) is 0.805. The quantitative estimate of drug-likeness (QED) is 0.509. The molecule has 1 saturated heterocycles. The second-order valence-electron chi connectivity index (χ2n) is 7.02. The number of alkyl halides is 1. The van der Waals surface area contributed by atoms with Crippen molar-refractivity contribution < 1.29 is 14.3 Å². The first-order chi connectivity index (χ1) is 15.1. The largest absolute Gasteiger partial charge is 0.497 e. The van der Waals surface area contributed by atoms with Crippen LogP contribution in [0.1, 0.15) is 21.9 Å². The topological polar surface area (TPSA) is 58.6 Å². The Morgan fingerprint density at radius 1 is 1.10 bits per heavy atom. The van der Waals surface area contributed by atoms with Crippen molar-refractivity contribution in [2.24, 2.45) is 0 Å². The molecule has 4 rings (SSSR count). The van der Waals surface area contributed by atoms with Gasteiger partial charge in [0.15, 0.2) is 0 Å². The number of benzene rings is 3. The van der Waals surface area contributed by atoms with Crippen LogP contribution in [0.5, 0.6) is 5.75 Å². The number of carbonyl (C=O) groups is 2. The number of thioether (sulfide) groups is 1. The standard InChI is InChI=1S/C24H21ClN2O3S/c1-30-20-12-6-11-19(14-20)27-21(28)15-31-24(27)17-9-5-10-18(13-17)26-23(29)22(25)16-7-3-2-4-8-16/h2-14,22,24H,15H2,1H3,(H,26,29)/t22-,24+/m0/s1. The first-order valence-corrected chi connectivity index (χ1v) is 11.2. The van der Waals surface area contributed by atoms with Crippen LogP contribution in [-0.4, -0.2) is 24.7 Å². The molecule has 3 aromatic carbocycles. The minimum absolute atomic E-state index is 0.0302. The lowest BCUT2D eigenvalue weighted by atomic mass is 10.1. The molecular weight excluding hydrogens is 432 g/mol. The molecule has 1 N–H and O–H groups in total. The minimum atomic E-state index is -0.791. The summed E-state index contributed by atoms with van der Waals surface area (Å²) in [6.07, 6.45) is 0.